The summed E-state index contributed by atoms with van der Waals surface area (Å²) >= 11 is 13.7. The number of nitrogens with one attached hydrogen (secondary N) is 2. The van der Waals surface area contributed by atoms with Gasteiger partial charge in [-0.3, -0.25) is 4.90 Å². The Balaban J connectivity index is 1.77. The summed E-state index contributed by atoms with van der Waals surface area (Å²) in [6.07, 6.45) is 1.06. The molecule has 0 fully saturated rings. The van der Waals surface area contributed by atoms with E-state index in [1.165, 1.54) is 4.90 Å². The van der Waals surface area contributed by atoms with Crippen molar-refractivity contribution in [2.75, 3.05) is 33.6 Å². The number of methoxy groups -OCH3 is 1. The van der Waals surface area contributed by atoms with E-state index < -0.39 is 0 Å². The van der Waals surface area contributed by atoms with E-state index in [1.807, 2.05) is 12.1 Å². The molecular formula is C14H20Cl2N3OS+. The maximum absolute atomic E-state index is 6.17. The van der Waals surface area contributed by atoms with Gasteiger partial charge < -0.3 is 10.1 Å². The van der Waals surface area contributed by atoms with E-state index >= 15 is 0 Å². The van der Waals surface area contributed by atoms with Gasteiger partial charge in [-0.2, -0.15) is 0 Å². The minimum atomic E-state index is 0.664. The number of ether oxygens (including phenoxy) is 1. The number of nitrogens with zero attached hydrogens (tertiary/aromatic N) is 1. The van der Waals surface area contributed by atoms with E-state index in [0.29, 0.717) is 10.0 Å². The van der Waals surface area contributed by atoms with Gasteiger partial charge in [0.1, 0.15) is 0 Å². The van der Waals surface area contributed by atoms with Crippen molar-refractivity contribution in [3.05, 3.63) is 33.8 Å². The van der Waals surface area contributed by atoms with E-state index in [2.05, 4.69) is 10.3 Å². The molecule has 0 bridgehead atoms. The third-order valence-electron chi connectivity index (χ3n) is 3.19. The summed E-state index contributed by atoms with van der Waals surface area (Å²) in [4.78, 5) is 6.00. The lowest BCUT2D eigenvalue weighted by Crippen LogP contribution is -3.14. The van der Waals surface area contributed by atoms with Gasteiger partial charge in [-0.25, -0.2) is 4.99 Å². The maximum atomic E-state index is 6.17. The molecule has 2 rings (SSSR count). The monoisotopic (exact) mass is 348 g/mol. The average Bonchev–Trinajstić information content (AvgIpc) is 2.48. The van der Waals surface area contributed by atoms with Crippen LogP contribution in [0.15, 0.2) is 23.2 Å². The topological polar surface area (TPSA) is 38.1 Å². The largest absolute Gasteiger partial charge is 0.384 e. The van der Waals surface area contributed by atoms with E-state index in [9.17, 15) is 0 Å². The highest BCUT2D eigenvalue weighted by Crippen LogP contribution is 2.24. The summed E-state index contributed by atoms with van der Waals surface area (Å²) in [5.41, 5.74) is 1.07. The minimum absolute atomic E-state index is 0.664. The zero-order valence-electron chi connectivity index (χ0n) is 12.0. The summed E-state index contributed by atoms with van der Waals surface area (Å²) < 4.78 is 5.07. The highest BCUT2D eigenvalue weighted by molar-refractivity contribution is 8.13. The molecule has 0 aliphatic carbocycles. The highest BCUT2D eigenvalue weighted by atomic mass is 35.5. The Labute approximate surface area is 139 Å². The molecule has 0 radical (unpaired) electrons. The molecule has 1 aromatic carbocycles. The SMILES string of the molecule is COCCC[NH+]1CN=C(SCc2ccc(Cl)cc2Cl)NC1. The molecule has 7 heteroatoms. The van der Waals surface area contributed by atoms with Crippen molar-refractivity contribution in [3.63, 3.8) is 0 Å². The Bertz CT molecular complexity index is 499. The maximum Gasteiger partial charge on any atom is 0.175 e. The van der Waals surface area contributed by atoms with Crippen molar-refractivity contribution >= 4 is 40.1 Å². The van der Waals surface area contributed by atoms with Crippen molar-refractivity contribution in [3.8, 4) is 0 Å². The van der Waals surface area contributed by atoms with Crippen molar-refractivity contribution in [1.29, 1.82) is 0 Å². The van der Waals surface area contributed by atoms with Gasteiger partial charge in [-0.05, 0) is 17.7 Å². The molecule has 116 valence electrons. The van der Waals surface area contributed by atoms with E-state index in [0.717, 1.165) is 49.4 Å². The van der Waals surface area contributed by atoms with Gasteiger partial charge >= 0.3 is 0 Å². The summed E-state index contributed by atoms with van der Waals surface area (Å²) in [7, 11) is 1.73. The van der Waals surface area contributed by atoms with Crippen LogP contribution in [0.1, 0.15) is 12.0 Å². The number of hydrogen-bond acceptors (Lipinski definition) is 4. The molecule has 21 heavy (non-hydrogen) atoms. The first-order valence-electron chi connectivity index (χ1n) is 6.86. The van der Waals surface area contributed by atoms with Gasteiger partial charge in [0.2, 0.25) is 0 Å². The Hall–Kier alpha value is -0.460. The normalized spacial score (nSPS) is 18.2. The Morgan fingerprint density at radius 1 is 1.43 bits per heavy atom. The molecule has 1 aliphatic heterocycles. The van der Waals surface area contributed by atoms with Gasteiger partial charge in [0.05, 0.1) is 13.2 Å². The van der Waals surface area contributed by atoms with E-state index in [1.54, 1.807) is 24.9 Å². The molecule has 0 aromatic heterocycles. The van der Waals surface area contributed by atoms with Crippen LogP contribution in [-0.2, 0) is 10.5 Å². The molecule has 4 nitrogen and oxygen atoms in total. The van der Waals surface area contributed by atoms with Gasteiger partial charge in [0.15, 0.2) is 18.5 Å². The lowest BCUT2D eigenvalue weighted by atomic mass is 10.2. The van der Waals surface area contributed by atoms with Crippen molar-refractivity contribution < 1.29 is 9.64 Å². The lowest BCUT2D eigenvalue weighted by Gasteiger charge is -2.23. The number of quaternary nitrogens is 1. The van der Waals surface area contributed by atoms with E-state index in [4.69, 9.17) is 27.9 Å². The molecule has 1 heterocycles. The van der Waals surface area contributed by atoms with Gasteiger partial charge in [-0.15, -0.1) is 0 Å². The average molecular weight is 349 g/mol. The standard InChI is InChI=1S/C14H19Cl2N3OS/c1-20-6-2-5-19-9-17-14(18-10-19)21-8-11-3-4-12(15)7-13(11)16/h3-4,7H,2,5-6,8-10H2,1H3,(H,17,18)/p+1. The molecule has 0 amide bonds. The van der Waals surface area contributed by atoms with Gasteiger partial charge in [0.25, 0.3) is 0 Å². The second-order valence-electron chi connectivity index (χ2n) is 4.85. The number of hydrogen-bond donors (Lipinski definition) is 2. The molecule has 1 aromatic rings. The lowest BCUT2D eigenvalue weighted by molar-refractivity contribution is -0.903. The molecule has 2 N–H and O–H groups in total. The minimum Gasteiger partial charge on any atom is -0.384 e. The van der Waals surface area contributed by atoms with E-state index in [-0.39, 0.29) is 0 Å². The predicted octanol–water partition coefficient (Wildman–Crippen LogP) is 2.02. The smallest absolute Gasteiger partial charge is 0.175 e. The zero-order valence-corrected chi connectivity index (χ0v) is 14.3. The fourth-order valence-electron chi connectivity index (χ4n) is 2.01. The van der Waals surface area contributed by atoms with Crippen molar-refractivity contribution in [2.45, 2.75) is 12.2 Å². The van der Waals surface area contributed by atoms with Gasteiger partial charge in [-0.1, -0.05) is 41.0 Å². The van der Waals surface area contributed by atoms with Crippen LogP contribution in [-0.4, -0.2) is 38.8 Å². The Morgan fingerprint density at radius 3 is 2.95 bits per heavy atom. The summed E-state index contributed by atoms with van der Waals surface area (Å²) in [5, 5.41) is 5.72. The fourth-order valence-corrected chi connectivity index (χ4v) is 3.44. The zero-order chi connectivity index (χ0) is 15.1. The first-order chi connectivity index (χ1) is 10.2. The third kappa shape index (κ3) is 5.68. The van der Waals surface area contributed by atoms with Crippen LogP contribution in [0.5, 0.6) is 0 Å². The van der Waals surface area contributed by atoms with Crippen LogP contribution in [0.4, 0.5) is 0 Å². The molecular weight excluding hydrogens is 329 g/mol. The molecule has 0 saturated heterocycles. The Morgan fingerprint density at radius 2 is 2.29 bits per heavy atom. The molecule has 1 aliphatic rings. The van der Waals surface area contributed by atoms with Crippen LogP contribution in [0, 0.1) is 0 Å². The van der Waals surface area contributed by atoms with Crippen LogP contribution in [0.2, 0.25) is 10.0 Å². The first kappa shape index (κ1) is 16.9. The summed E-state index contributed by atoms with van der Waals surface area (Å²) in [5.74, 6) is 0.793. The number of thioether (sulfide) groups is 1. The summed E-state index contributed by atoms with van der Waals surface area (Å²) in [6.45, 7) is 3.60. The number of halogens is 2. The van der Waals surface area contributed by atoms with Crippen LogP contribution in [0.25, 0.3) is 0 Å². The van der Waals surface area contributed by atoms with Gasteiger partial charge in [0, 0.05) is 29.3 Å². The van der Waals surface area contributed by atoms with Crippen LogP contribution >= 0.6 is 35.0 Å². The molecule has 0 saturated carbocycles. The van der Waals surface area contributed by atoms with Crippen molar-refractivity contribution in [2.24, 2.45) is 4.99 Å². The second-order valence-corrected chi connectivity index (χ2v) is 6.65. The number of rotatable bonds is 6. The quantitative estimate of drug-likeness (QED) is 0.772. The van der Waals surface area contributed by atoms with Crippen LogP contribution in [0.3, 0.4) is 0 Å². The number of aliphatic imine (C=N–C) groups is 1. The van der Waals surface area contributed by atoms with Crippen molar-refractivity contribution in [1.82, 2.24) is 5.32 Å². The highest BCUT2D eigenvalue weighted by Gasteiger charge is 2.15. The Kier molecular flexibility index (Phi) is 7.13. The fraction of sp³-hybridized carbons (Fsp3) is 0.500. The summed E-state index contributed by atoms with van der Waals surface area (Å²) in [6, 6.07) is 5.60. The molecule has 1 unspecified atom stereocenters. The predicted molar refractivity (Wildman–Crippen MR) is 90.4 cm³/mol. The first-order valence-corrected chi connectivity index (χ1v) is 8.60. The third-order valence-corrected chi connectivity index (χ3v) is 4.78. The van der Waals surface area contributed by atoms with Crippen LogP contribution < -0.4 is 10.2 Å². The molecule has 1 atom stereocenters. The number of amidine groups is 1. The molecule has 0 spiro atoms. The second kappa shape index (κ2) is 8.86. The number of benzene rings is 1.